The van der Waals surface area contributed by atoms with Gasteiger partial charge in [-0.05, 0) is 31.9 Å². The molecular weight excluding hydrogens is 536 g/mol. The van der Waals surface area contributed by atoms with Crippen LogP contribution in [0.1, 0.15) is 31.9 Å². The minimum atomic E-state index is -1.66. The number of benzene rings is 2. The van der Waals surface area contributed by atoms with Crippen LogP contribution < -0.4 is 15.6 Å². The number of rotatable bonds is 9. The van der Waals surface area contributed by atoms with Gasteiger partial charge in [-0.1, -0.05) is 60.7 Å². The number of amides is 3. The maximum absolute atomic E-state index is 13.0. The summed E-state index contributed by atoms with van der Waals surface area (Å²) in [6.07, 6.45) is -4.42. The van der Waals surface area contributed by atoms with Gasteiger partial charge in [-0.15, -0.1) is 0 Å². The van der Waals surface area contributed by atoms with Crippen LogP contribution in [0.3, 0.4) is 0 Å². The van der Waals surface area contributed by atoms with Crippen molar-refractivity contribution in [1.29, 1.82) is 0 Å². The highest BCUT2D eigenvalue weighted by molar-refractivity contribution is 5.99. The van der Waals surface area contributed by atoms with Crippen molar-refractivity contribution >= 4 is 30.0 Å². The third-order valence-corrected chi connectivity index (χ3v) is 5.76. The van der Waals surface area contributed by atoms with Crippen molar-refractivity contribution in [2.45, 2.75) is 57.8 Å². The average Bonchev–Trinajstić information content (AvgIpc) is 3.36. The molecule has 0 aliphatic carbocycles. The smallest absolute Gasteiger partial charge is 0.444 e. The van der Waals surface area contributed by atoms with Gasteiger partial charge < -0.3 is 29.7 Å². The van der Waals surface area contributed by atoms with E-state index >= 15 is 0 Å². The SMILES string of the molecule is CC(C)(C)OC(=O)N[C@H](C(=O)CO)C(O)[C@@H]1CN(C(=O)OCc2ccccc2)C(NC(=O)OCc2ccccc2)=[NH+]1. The predicted octanol–water partition coefficient (Wildman–Crippen LogP) is 0.186. The van der Waals surface area contributed by atoms with E-state index in [0.29, 0.717) is 0 Å². The van der Waals surface area contributed by atoms with Crippen LogP contribution in [0.4, 0.5) is 14.4 Å². The van der Waals surface area contributed by atoms with Crippen LogP contribution in [0.5, 0.6) is 0 Å². The molecule has 0 radical (unpaired) electrons. The van der Waals surface area contributed by atoms with Crippen LogP contribution in [0, 0.1) is 0 Å². The van der Waals surface area contributed by atoms with Crippen molar-refractivity contribution in [3.63, 3.8) is 0 Å². The summed E-state index contributed by atoms with van der Waals surface area (Å²) in [6.45, 7) is 3.49. The fraction of sp³-hybridized carbons (Fsp3) is 0.393. The van der Waals surface area contributed by atoms with E-state index in [0.717, 1.165) is 16.0 Å². The Morgan fingerprint density at radius 3 is 2.05 bits per heavy atom. The molecule has 13 heteroatoms. The third-order valence-electron chi connectivity index (χ3n) is 5.76. The molecule has 3 amide bonds. The van der Waals surface area contributed by atoms with Gasteiger partial charge >= 0.3 is 24.2 Å². The van der Waals surface area contributed by atoms with Gasteiger partial charge in [0.25, 0.3) is 0 Å². The summed E-state index contributed by atoms with van der Waals surface area (Å²) in [5.41, 5.74) is 0.562. The molecule has 0 bridgehead atoms. The van der Waals surface area contributed by atoms with E-state index in [1.54, 1.807) is 69.3 Å². The number of carbonyl (C=O) groups excluding carboxylic acids is 4. The van der Waals surface area contributed by atoms with Crippen molar-refractivity contribution in [2.75, 3.05) is 13.2 Å². The predicted molar refractivity (Wildman–Crippen MR) is 144 cm³/mol. The average molecular weight is 572 g/mol. The molecule has 1 aliphatic heterocycles. The zero-order valence-electron chi connectivity index (χ0n) is 23.0. The second kappa shape index (κ2) is 14.2. The van der Waals surface area contributed by atoms with Crippen LogP contribution in [0.25, 0.3) is 0 Å². The van der Waals surface area contributed by atoms with Crippen molar-refractivity contribution in [3.8, 4) is 0 Å². The van der Waals surface area contributed by atoms with E-state index in [1.165, 1.54) is 0 Å². The number of carbonyl (C=O) groups is 4. The largest absolute Gasteiger partial charge is 0.479 e. The molecule has 1 heterocycles. The number of nitrogens with zero attached hydrogens (tertiary/aromatic N) is 1. The highest BCUT2D eigenvalue weighted by Gasteiger charge is 2.46. The van der Waals surface area contributed by atoms with Gasteiger partial charge in [0.15, 0.2) is 5.78 Å². The van der Waals surface area contributed by atoms with Crippen molar-refractivity contribution in [3.05, 3.63) is 71.8 Å². The number of nitrogens with one attached hydrogen (secondary N) is 3. The zero-order chi connectivity index (χ0) is 30.0. The number of alkyl carbamates (subject to hydrolysis) is 2. The Bertz CT molecular complexity index is 1230. The minimum absolute atomic E-state index is 0.0443. The number of ether oxygens (including phenoxy) is 3. The molecule has 2 aromatic carbocycles. The number of hydrogen-bond donors (Lipinski definition) is 5. The Kier molecular flexibility index (Phi) is 10.8. The quantitative estimate of drug-likeness (QED) is 0.263. The van der Waals surface area contributed by atoms with Gasteiger partial charge in [0, 0.05) is 0 Å². The summed E-state index contributed by atoms with van der Waals surface area (Å²) >= 11 is 0. The number of aliphatic hydroxyl groups is 2. The van der Waals surface area contributed by atoms with E-state index in [9.17, 15) is 29.4 Å². The molecule has 13 nitrogen and oxygen atoms in total. The number of guanidine groups is 1. The summed E-state index contributed by atoms with van der Waals surface area (Å²) in [4.78, 5) is 54.2. The molecule has 0 fully saturated rings. The Morgan fingerprint density at radius 1 is 0.951 bits per heavy atom. The number of ketones is 1. The first-order valence-electron chi connectivity index (χ1n) is 12.9. The monoisotopic (exact) mass is 571 g/mol. The summed E-state index contributed by atoms with van der Waals surface area (Å²) in [5.74, 6) is -1.07. The maximum Gasteiger partial charge on any atom is 0.479 e. The molecule has 1 unspecified atom stereocenters. The highest BCUT2D eigenvalue weighted by atomic mass is 16.6. The molecule has 3 rings (SSSR count). The third kappa shape index (κ3) is 9.58. The van der Waals surface area contributed by atoms with Crippen molar-refractivity contribution in [2.24, 2.45) is 0 Å². The van der Waals surface area contributed by atoms with Crippen LogP contribution in [-0.2, 0) is 32.2 Å². The van der Waals surface area contributed by atoms with Gasteiger partial charge in [0.05, 0.1) is 0 Å². The van der Waals surface area contributed by atoms with E-state index < -0.39 is 54.5 Å². The van der Waals surface area contributed by atoms with Gasteiger partial charge in [0.2, 0.25) is 0 Å². The molecule has 0 aromatic heterocycles. The summed E-state index contributed by atoms with van der Waals surface area (Å²) < 4.78 is 15.8. The molecule has 0 saturated heterocycles. The standard InChI is InChI=1S/C28H34N4O9/c1-28(2,3)41-26(37)30-22(21(34)15-33)23(35)20-14-32(27(38)40-17-19-12-8-5-9-13-19)24(29-20)31-25(36)39-16-18-10-6-4-7-11-18/h4-13,20,22-23,33,35H,14-17H2,1-3H3,(H,30,37)(H,29,31,36)/p+1/t20-,22+,23?/m0/s1. The second-order valence-corrected chi connectivity index (χ2v) is 10.2. The maximum atomic E-state index is 13.0. The molecule has 5 N–H and O–H groups in total. The van der Waals surface area contributed by atoms with Crippen LogP contribution in [-0.4, -0.2) is 82.1 Å². The zero-order valence-corrected chi connectivity index (χ0v) is 23.0. The lowest BCUT2D eigenvalue weighted by Crippen LogP contribution is -2.84. The Labute approximate surface area is 237 Å². The Balaban J connectivity index is 1.76. The molecule has 1 aliphatic rings. The van der Waals surface area contributed by atoms with Crippen molar-refractivity contribution in [1.82, 2.24) is 15.5 Å². The molecule has 0 saturated carbocycles. The molecule has 41 heavy (non-hydrogen) atoms. The highest BCUT2D eigenvalue weighted by Crippen LogP contribution is 2.11. The molecule has 220 valence electrons. The van der Waals surface area contributed by atoms with Gasteiger partial charge in [0.1, 0.15) is 50.2 Å². The van der Waals surface area contributed by atoms with E-state index in [-0.39, 0.29) is 25.7 Å². The molecule has 3 atom stereocenters. The fourth-order valence-corrected chi connectivity index (χ4v) is 3.82. The lowest BCUT2D eigenvalue weighted by atomic mass is 10.00. The van der Waals surface area contributed by atoms with Gasteiger partial charge in [-0.25, -0.2) is 14.4 Å². The first-order chi connectivity index (χ1) is 19.5. The lowest BCUT2D eigenvalue weighted by molar-refractivity contribution is -0.505. The summed E-state index contributed by atoms with van der Waals surface area (Å²) in [5, 5.41) is 25.2. The molecule has 2 aromatic rings. The van der Waals surface area contributed by atoms with Gasteiger partial charge in [-0.2, -0.15) is 10.2 Å². The topological polar surface area (TPSA) is 178 Å². The van der Waals surface area contributed by atoms with E-state index in [4.69, 9.17) is 14.2 Å². The lowest BCUT2D eigenvalue weighted by Gasteiger charge is -2.26. The van der Waals surface area contributed by atoms with Crippen LogP contribution >= 0.6 is 0 Å². The van der Waals surface area contributed by atoms with Crippen LogP contribution in [0.2, 0.25) is 0 Å². The van der Waals surface area contributed by atoms with Crippen molar-refractivity contribution < 1.29 is 48.6 Å². The second-order valence-electron chi connectivity index (χ2n) is 10.2. The normalized spacial score (nSPS) is 16.2. The van der Waals surface area contributed by atoms with Gasteiger partial charge in [-0.3, -0.25) is 9.79 Å². The number of aliphatic hydroxyl groups excluding tert-OH is 2. The number of Topliss-reactive ketones (excluding diaryl/α,β-unsaturated/α-hetero) is 1. The minimum Gasteiger partial charge on any atom is -0.444 e. The summed E-state index contributed by atoms with van der Waals surface area (Å²) in [7, 11) is 0. The molecule has 0 spiro atoms. The summed E-state index contributed by atoms with van der Waals surface area (Å²) in [6, 6.07) is 15.2. The number of hydrogen-bond acceptors (Lipinski definition) is 9. The first kappa shape index (κ1) is 31.0. The fourth-order valence-electron chi connectivity index (χ4n) is 3.82. The van der Waals surface area contributed by atoms with E-state index in [2.05, 4.69) is 15.6 Å². The Hall–Kier alpha value is -4.49. The Morgan fingerprint density at radius 2 is 1.51 bits per heavy atom. The molecular formula is C28H35N4O9+. The first-order valence-corrected chi connectivity index (χ1v) is 12.9. The van der Waals surface area contributed by atoms with Crippen LogP contribution in [0.15, 0.2) is 60.7 Å². The van der Waals surface area contributed by atoms with E-state index in [1.807, 2.05) is 12.1 Å².